The highest BCUT2D eigenvalue weighted by molar-refractivity contribution is 7.08. The first-order valence-corrected chi connectivity index (χ1v) is 8.93. The van der Waals surface area contributed by atoms with Crippen LogP contribution in [0.5, 0.6) is 0 Å². The van der Waals surface area contributed by atoms with Gasteiger partial charge in [0.25, 0.3) is 5.91 Å². The second kappa shape index (κ2) is 9.46. The number of thiophene rings is 1. The molecule has 148 valence electrons. The van der Waals surface area contributed by atoms with Crippen molar-refractivity contribution in [2.75, 3.05) is 6.54 Å². The van der Waals surface area contributed by atoms with Crippen molar-refractivity contribution in [1.82, 2.24) is 16.0 Å². The number of nitrogens with one attached hydrogen (secondary N) is 3. The number of halogens is 1. The van der Waals surface area contributed by atoms with E-state index in [0.717, 1.165) is 11.3 Å². The van der Waals surface area contributed by atoms with Gasteiger partial charge in [-0.2, -0.15) is 11.3 Å². The van der Waals surface area contributed by atoms with E-state index in [1.54, 1.807) is 6.07 Å². The molecular weight excluding hydrogens is 389 g/mol. The second-order valence-electron chi connectivity index (χ2n) is 5.67. The second-order valence-corrected chi connectivity index (χ2v) is 6.41. The van der Waals surface area contributed by atoms with Gasteiger partial charge in [-0.25, -0.2) is 9.18 Å². The lowest BCUT2D eigenvalue weighted by atomic mass is 10.1. The number of urea groups is 1. The quantitative estimate of drug-likeness (QED) is 0.424. The number of primary amides is 2. The molecule has 0 aliphatic carbocycles. The molecule has 0 fully saturated rings. The minimum atomic E-state index is -0.821. The molecule has 0 bridgehead atoms. The van der Waals surface area contributed by atoms with Gasteiger partial charge in [0.05, 0.1) is 17.7 Å². The number of hydrogen-bond donors (Lipinski definition) is 5. The number of carbonyl (C=O) groups excluding carboxylic acids is 4. The minimum Gasteiger partial charge on any atom is -0.366 e. The van der Waals surface area contributed by atoms with E-state index >= 15 is 0 Å². The van der Waals surface area contributed by atoms with Gasteiger partial charge in [0.2, 0.25) is 11.8 Å². The summed E-state index contributed by atoms with van der Waals surface area (Å²) in [7, 11) is 0. The van der Waals surface area contributed by atoms with E-state index in [0.29, 0.717) is 5.56 Å². The third kappa shape index (κ3) is 5.77. The van der Waals surface area contributed by atoms with Crippen LogP contribution in [0.15, 0.2) is 29.0 Å². The van der Waals surface area contributed by atoms with E-state index in [2.05, 4.69) is 16.0 Å². The molecule has 1 aromatic heterocycles. The van der Waals surface area contributed by atoms with Crippen molar-refractivity contribution in [2.45, 2.75) is 13.1 Å². The van der Waals surface area contributed by atoms with Gasteiger partial charge in [0.1, 0.15) is 5.82 Å². The van der Waals surface area contributed by atoms with E-state index in [9.17, 15) is 23.6 Å². The predicted octanol–water partition coefficient (Wildman–Crippen LogP) is 0.201. The van der Waals surface area contributed by atoms with Crippen LogP contribution in [0.4, 0.5) is 9.18 Å². The molecule has 9 nitrogen and oxygen atoms in total. The standard InChI is InChI=1S/C17H18FN5O4S/c18-13-3-9(4-21-14(24)6-23-17(20)27)1-2-10(13)5-22-16(26)12-8-28-7-11(12)15(19)25/h1-3,7-8H,4-6H2,(H2,19,25)(H,21,24)(H,22,26)(H3,20,23,27). The number of benzene rings is 1. The Bertz CT molecular complexity index is 915. The Kier molecular flexibility index (Phi) is 7.04. The van der Waals surface area contributed by atoms with E-state index in [-0.39, 0.29) is 36.3 Å². The fourth-order valence-corrected chi connectivity index (χ4v) is 3.03. The van der Waals surface area contributed by atoms with Crippen LogP contribution in [0, 0.1) is 5.82 Å². The fourth-order valence-electron chi connectivity index (χ4n) is 2.21. The van der Waals surface area contributed by atoms with E-state index in [1.807, 2.05) is 0 Å². The van der Waals surface area contributed by atoms with Crippen molar-refractivity contribution in [1.29, 1.82) is 0 Å². The van der Waals surface area contributed by atoms with E-state index in [4.69, 9.17) is 11.5 Å². The molecule has 1 heterocycles. The van der Waals surface area contributed by atoms with Gasteiger partial charge in [-0.05, 0) is 11.6 Å². The summed E-state index contributed by atoms with van der Waals surface area (Å²) in [5.41, 5.74) is 11.0. The summed E-state index contributed by atoms with van der Waals surface area (Å²) in [5, 5.41) is 10.1. The Labute approximate surface area is 163 Å². The lowest BCUT2D eigenvalue weighted by Gasteiger charge is -2.09. The van der Waals surface area contributed by atoms with Crippen LogP contribution in [0.2, 0.25) is 0 Å². The maximum Gasteiger partial charge on any atom is 0.312 e. The zero-order valence-electron chi connectivity index (χ0n) is 14.6. The third-order valence-electron chi connectivity index (χ3n) is 3.64. The van der Waals surface area contributed by atoms with Crippen LogP contribution < -0.4 is 27.4 Å². The van der Waals surface area contributed by atoms with Gasteiger partial charge >= 0.3 is 6.03 Å². The van der Waals surface area contributed by atoms with Gasteiger partial charge in [-0.1, -0.05) is 12.1 Å². The molecule has 2 rings (SSSR count). The normalized spacial score (nSPS) is 10.2. The van der Waals surface area contributed by atoms with E-state index < -0.39 is 29.6 Å². The Hall–Kier alpha value is -3.47. The first kappa shape index (κ1) is 20.8. The van der Waals surface area contributed by atoms with Crippen molar-refractivity contribution >= 4 is 35.1 Å². The van der Waals surface area contributed by atoms with Crippen LogP contribution in [-0.2, 0) is 17.9 Å². The molecule has 1 aromatic carbocycles. The van der Waals surface area contributed by atoms with Gasteiger partial charge in [0.15, 0.2) is 0 Å². The highest BCUT2D eigenvalue weighted by Crippen LogP contribution is 2.15. The van der Waals surface area contributed by atoms with Crippen LogP contribution >= 0.6 is 11.3 Å². The number of rotatable bonds is 8. The van der Waals surface area contributed by atoms with Crippen molar-refractivity contribution in [2.24, 2.45) is 11.5 Å². The summed E-state index contributed by atoms with van der Waals surface area (Å²) in [6, 6.07) is 3.47. The molecule has 0 atom stereocenters. The topological polar surface area (TPSA) is 156 Å². The molecule has 0 aliphatic rings. The molecule has 11 heteroatoms. The summed E-state index contributed by atoms with van der Waals surface area (Å²) in [4.78, 5) is 45.4. The van der Waals surface area contributed by atoms with Crippen molar-refractivity contribution in [3.63, 3.8) is 0 Å². The summed E-state index contributed by atoms with van der Waals surface area (Å²) < 4.78 is 14.2. The molecule has 28 heavy (non-hydrogen) atoms. The Balaban J connectivity index is 1.91. The summed E-state index contributed by atoms with van der Waals surface area (Å²) in [6.45, 7) is -0.314. The monoisotopic (exact) mass is 407 g/mol. The minimum absolute atomic E-state index is 0.0553. The van der Waals surface area contributed by atoms with Gasteiger partial charge < -0.3 is 27.4 Å². The van der Waals surface area contributed by atoms with Crippen LogP contribution in [0.25, 0.3) is 0 Å². The number of carbonyl (C=O) groups is 4. The van der Waals surface area contributed by atoms with Crippen molar-refractivity contribution < 1.29 is 23.6 Å². The first-order chi connectivity index (χ1) is 13.3. The summed E-state index contributed by atoms with van der Waals surface area (Å²) >= 11 is 1.16. The zero-order valence-corrected chi connectivity index (χ0v) is 15.4. The molecule has 0 spiro atoms. The zero-order chi connectivity index (χ0) is 20.7. The molecule has 0 saturated heterocycles. The Morgan fingerprint density at radius 2 is 1.68 bits per heavy atom. The molecule has 5 amide bonds. The summed E-state index contributed by atoms with van der Waals surface area (Å²) in [5.74, 6) is -2.29. The predicted molar refractivity (Wildman–Crippen MR) is 99.8 cm³/mol. The lowest BCUT2D eigenvalue weighted by molar-refractivity contribution is -0.120. The SMILES string of the molecule is NC(=O)NCC(=O)NCc1ccc(CNC(=O)c2cscc2C(N)=O)c(F)c1. The Morgan fingerprint density at radius 3 is 2.32 bits per heavy atom. The largest absolute Gasteiger partial charge is 0.366 e. The maximum absolute atomic E-state index is 14.2. The molecule has 0 unspecified atom stereocenters. The smallest absolute Gasteiger partial charge is 0.312 e. The van der Waals surface area contributed by atoms with Gasteiger partial charge in [-0.3, -0.25) is 14.4 Å². The highest BCUT2D eigenvalue weighted by atomic mass is 32.1. The molecule has 7 N–H and O–H groups in total. The maximum atomic E-state index is 14.2. The molecule has 0 saturated carbocycles. The molecular formula is C17H18FN5O4S. The average molecular weight is 407 g/mol. The molecule has 0 radical (unpaired) electrons. The third-order valence-corrected chi connectivity index (χ3v) is 4.39. The average Bonchev–Trinajstić information content (AvgIpc) is 3.14. The van der Waals surface area contributed by atoms with Crippen molar-refractivity contribution in [3.05, 3.63) is 57.0 Å². The number of hydrogen-bond acceptors (Lipinski definition) is 5. The lowest BCUT2D eigenvalue weighted by Crippen LogP contribution is -2.39. The first-order valence-electron chi connectivity index (χ1n) is 7.99. The molecule has 2 aromatic rings. The number of amides is 5. The van der Waals surface area contributed by atoms with Gasteiger partial charge in [-0.15, -0.1) is 0 Å². The van der Waals surface area contributed by atoms with Crippen LogP contribution in [0.3, 0.4) is 0 Å². The molecule has 0 aliphatic heterocycles. The number of nitrogens with two attached hydrogens (primary N) is 2. The van der Waals surface area contributed by atoms with E-state index in [1.165, 1.54) is 22.9 Å². The van der Waals surface area contributed by atoms with Crippen LogP contribution in [0.1, 0.15) is 31.8 Å². The highest BCUT2D eigenvalue weighted by Gasteiger charge is 2.16. The van der Waals surface area contributed by atoms with Gasteiger partial charge in [0, 0.05) is 29.4 Å². The Morgan fingerprint density at radius 1 is 0.964 bits per heavy atom. The summed E-state index contributed by atoms with van der Waals surface area (Å²) in [6.07, 6.45) is 0. The van der Waals surface area contributed by atoms with Crippen molar-refractivity contribution in [3.8, 4) is 0 Å². The van der Waals surface area contributed by atoms with Crippen LogP contribution in [-0.4, -0.2) is 30.3 Å². The fraction of sp³-hybridized carbons (Fsp3) is 0.176.